The van der Waals surface area contributed by atoms with Gasteiger partial charge in [-0.3, -0.25) is 4.79 Å². The van der Waals surface area contributed by atoms with Crippen LogP contribution in [0.25, 0.3) is 11.0 Å². The van der Waals surface area contributed by atoms with Gasteiger partial charge in [-0.1, -0.05) is 0 Å². The predicted molar refractivity (Wildman–Crippen MR) is 79.2 cm³/mol. The van der Waals surface area contributed by atoms with Crippen LogP contribution >= 0.6 is 0 Å². The average Bonchev–Trinajstić information content (AvgIpc) is 2.89. The fourth-order valence-electron chi connectivity index (χ4n) is 3.56. The highest BCUT2D eigenvalue weighted by Gasteiger charge is 2.35. The molecule has 0 spiro atoms. The number of nitrogens with one attached hydrogen (secondary N) is 1. The molecule has 3 aliphatic rings. The zero-order chi connectivity index (χ0) is 14.4. The van der Waals surface area contributed by atoms with Crippen LogP contribution in [0.4, 0.5) is 0 Å². The number of carbonyl (C=O) groups excluding carboxylic acids is 1. The van der Waals surface area contributed by atoms with Crippen molar-refractivity contribution in [2.24, 2.45) is 5.92 Å². The second kappa shape index (κ2) is 4.84. The van der Waals surface area contributed by atoms with Crippen LogP contribution < -0.4 is 5.32 Å². The van der Waals surface area contributed by atoms with Crippen LogP contribution in [0.2, 0.25) is 0 Å². The first kappa shape index (κ1) is 12.8. The number of fused-ring (bicyclic) bond motifs is 4. The van der Waals surface area contributed by atoms with E-state index in [9.17, 15) is 4.79 Å². The second-order valence-corrected chi connectivity index (χ2v) is 6.20. The summed E-state index contributed by atoms with van der Waals surface area (Å²) >= 11 is 0. The van der Waals surface area contributed by atoms with Crippen molar-refractivity contribution in [2.75, 3.05) is 19.6 Å². The Labute approximate surface area is 123 Å². The Morgan fingerprint density at radius 2 is 2.24 bits per heavy atom. The van der Waals surface area contributed by atoms with Crippen LogP contribution in [-0.4, -0.2) is 41.5 Å². The van der Waals surface area contributed by atoms with Crippen molar-refractivity contribution in [1.29, 1.82) is 0 Å². The van der Waals surface area contributed by atoms with Gasteiger partial charge >= 0.3 is 0 Å². The molecular weight excluding hydrogens is 265 g/mol. The lowest BCUT2D eigenvalue weighted by Crippen LogP contribution is -2.57. The van der Waals surface area contributed by atoms with Gasteiger partial charge in [-0.15, -0.1) is 0 Å². The minimum absolute atomic E-state index is 0.0729. The predicted octanol–water partition coefficient (Wildman–Crippen LogP) is 1.96. The minimum Gasteiger partial charge on any atom is -0.462 e. The lowest BCUT2D eigenvalue weighted by molar-refractivity contribution is 0.0618. The second-order valence-electron chi connectivity index (χ2n) is 6.20. The van der Waals surface area contributed by atoms with Gasteiger partial charge in [-0.25, -0.2) is 4.98 Å². The Bertz CT molecular complexity index is 686. The van der Waals surface area contributed by atoms with E-state index >= 15 is 0 Å². The highest BCUT2D eigenvalue weighted by molar-refractivity contribution is 5.96. The van der Waals surface area contributed by atoms with Gasteiger partial charge in [0.05, 0.1) is 12.5 Å². The number of furan rings is 1. The number of hydrogen-bond donors (Lipinski definition) is 1. The molecule has 0 unspecified atom stereocenters. The van der Waals surface area contributed by atoms with Gasteiger partial charge in [0.1, 0.15) is 5.69 Å². The van der Waals surface area contributed by atoms with E-state index in [0.29, 0.717) is 11.6 Å². The van der Waals surface area contributed by atoms with Gasteiger partial charge in [0.25, 0.3) is 5.91 Å². The zero-order valence-corrected chi connectivity index (χ0v) is 12.1. The largest absolute Gasteiger partial charge is 0.462 e. The molecular formula is C16H19N3O2. The van der Waals surface area contributed by atoms with Crippen molar-refractivity contribution in [3.63, 3.8) is 0 Å². The molecule has 3 aliphatic heterocycles. The Kier molecular flexibility index (Phi) is 2.96. The van der Waals surface area contributed by atoms with Crippen molar-refractivity contribution in [2.45, 2.75) is 25.8 Å². The summed E-state index contributed by atoms with van der Waals surface area (Å²) in [7, 11) is 0. The standard InChI is InChI=1S/C16H19N3O2/c1-10-9-21-15-7-17-13(6-12(10)15)16(20)18-14-8-19-4-2-11(14)3-5-19/h6-7,9,11,14H,2-5,8H2,1H3,(H,18,20)/t14-/m1/s1/i16-1. The Morgan fingerprint density at radius 3 is 2.95 bits per heavy atom. The molecule has 0 aliphatic carbocycles. The van der Waals surface area contributed by atoms with Crippen LogP contribution in [0.15, 0.2) is 22.9 Å². The third-order valence-corrected chi connectivity index (χ3v) is 4.86. The quantitative estimate of drug-likeness (QED) is 0.916. The normalized spacial score (nSPS) is 28.0. The van der Waals surface area contributed by atoms with E-state index in [0.717, 1.165) is 23.1 Å². The first-order valence-corrected chi connectivity index (χ1v) is 7.58. The fraction of sp³-hybridized carbons (Fsp3) is 0.500. The Morgan fingerprint density at radius 1 is 1.43 bits per heavy atom. The molecule has 110 valence electrons. The molecule has 1 amide bonds. The van der Waals surface area contributed by atoms with Crippen molar-refractivity contribution in [1.82, 2.24) is 15.2 Å². The maximum Gasteiger partial charge on any atom is 0.270 e. The number of aryl methyl sites for hydroxylation is 1. The number of aromatic nitrogens is 1. The maximum absolute atomic E-state index is 12.4. The van der Waals surface area contributed by atoms with E-state index in [2.05, 4.69) is 15.2 Å². The van der Waals surface area contributed by atoms with Gasteiger partial charge in [0, 0.05) is 18.0 Å². The lowest BCUT2D eigenvalue weighted by atomic mass is 9.81. The summed E-state index contributed by atoms with van der Waals surface area (Å²) in [6, 6.07) is 2.09. The average molecular weight is 284 g/mol. The summed E-state index contributed by atoms with van der Waals surface area (Å²) in [5.74, 6) is 0.551. The molecule has 0 saturated carbocycles. The van der Waals surface area contributed by atoms with E-state index in [4.69, 9.17) is 4.42 Å². The van der Waals surface area contributed by atoms with E-state index in [1.807, 2.05) is 13.0 Å². The fourth-order valence-corrected chi connectivity index (χ4v) is 3.56. The van der Waals surface area contributed by atoms with Crippen LogP contribution in [0, 0.1) is 12.8 Å². The van der Waals surface area contributed by atoms with Gasteiger partial charge in [0.2, 0.25) is 0 Å². The highest BCUT2D eigenvalue weighted by atomic mass is 16.3. The van der Waals surface area contributed by atoms with Gasteiger partial charge < -0.3 is 14.6 Å². The lowest BCUT2D eigenvalue weighted by Gasteiger charge is -2.44. The summed E-state index contributed by atoms with van der Waals surface area (Å²) in [5.41, 5.74) is 2.24. The topological polar surface area (TPSA) is 58.4 Å². The van der Waals surface area contributed by atoms with E-state index < -0.39 is 0 Å². The number of rotatable bonds is 2. The molecule has 1 N–H and O–H groups in total. The summed E-state index contributed by atoms with van der Waals surface area (Å²) in [6.07, 6.45) is 5.71. The maximum atomic E-state index is 12.4. The molecule has 5 rings (SSSR count). The van der Waals surface area contributed by atoms with E-state index in [-0.39, 0.29) is 11.9 Å². The van der Waals surface area contributed by atoms with Gasteiger partial charge in [0.15, 0.2) is 5.58 Å². The molecule has 1 atom stereocenters. The first-order chi connectivity index (χ1) is 10.2. The monoisotopic (exact) mass is 284 g/mol. The van der Waals surface area contributed by atoms with Crippen molar-refractivity contribution >= 4 is 16.9 Å². The van der Waals surface area contributed by atoms with Crippen molar-refractivity contribution in [3.8, 4) is 0 Å². The molecule has 0 radical (unpaired) electrons. The van der Waals surface area contributed by atoms with Crippen LogP contribution in [0.5, 0.6) is 0 Å². The summed E-state index contributed by atoms with van der Waals surface area (Å²) in [4.78, 5) is 19.1. The van der Waals surface area contributed by atoms with Crippen LogP contribution in [-0.2, 0) is 0 Å². The zero-order valence-electron chi connectivity index (χ0n) is 12.1. The SMILES string of the molecule is Cc1coc2cnc([11C](=O)N[C@@H]3CN4CCC3CC4)cc12. The van der Waals surface area contributed by atoms with E-state index in [1.165, 1.54) is 25.9 Å². The molecule has 2 aromatic heterocycles. The minimum atomic E-state index is -0.0729. The smallest absolute Gasteiger partial charge is 0.270 e. The summed E-state index contributed by atoms with van der Waals surface area (Å²) < 4.78 is 5.37. The molecule has 5 heteroatoms. The first-order valence-electron chi connectivity index (χ1n) is 7.58. The molecule has 5 heterocycles. The molecule has 3 fully saturated rings. The van der Waals surface area contributed by atoms with Crippen LogP contribution in [0.3, 0.4) is 0 Å². The van der Waals surface area contributed by atoms with Crippen molar-refractivity contribution < 1.29 is 9.21 Å². The third kappa shape index (κ3) is 2.21. The third-order valence-electron chi connectivity index (χ3n) is 4.86. The molecule has 2 bridgehead atoms. The molecule has 21 heavy (non-hydrogen) atoms. The van der Waals surface area contributed by atoms with Crippen LogP contribution in [0.1, 0.15) is 28.9 Å². The number of carbonyl (C=O) groups is 1. The number of pyridine rings is 1. The molecule has 5 nitrogen and oxygen atoms in total. The highest BCUT2D eigenvalue weighted by Crippen LogP contribution is 2.27. The molecule has 2 aromatic rings. The van der Waals surface area contributed by atoms with Gasteiger partial charge in [-0.2, -0.15) is 0 Å². The number of piperidine rings is 3. The Balaban J connectivity index is 1.54. The number of hydrogen-bond acceptors (Lipinski definition) is 4. The van der Waals surface area contributed by atoms with Gasteiger partial charge in [-0.05, 0) is 50.4 Å². The Hall–Kier alpha value is -1.88. The molecule has 0 aromatic carbocycles. The number of amides is 1. The number of nitrogens with zero attached hydrogens (tertiary/aromatic N) is 2. The van der Waals surface area contributed by atoms with Crippen molar-refractivity contribution in [3.05, 3.63) is 29.8 Å². The summed E-state index contributed by atoms with van der Waals surface area (Å²) in [6.45, 7) is 5.30. The van der Waals surface area contributed by atoms with E-state index in [1.54, 1.807) is 12.5 Å². The summed E-state index contributed by atoms with van der Waals surface area (Å²) in [5, 5.41) is 4.13. The molecule has 3 saturated heterocycles.